The van der Waals surface area contributed by atoms with Crippen LogP contribution in [0.4, 0.5) is 0 Å². The maximum absolute atomic E-state index is 12.4. The molecule has 0 saturated carbocycles. The summed E-state index contributed by atoms with van der Waals surface area (Å²) in [6.07, 6.45) is 1.48. The molecule has 0 spiro atoms. The predicted molar refractivity (Wildman–Crippen MR) is 109 cm³/mol. The molecule has 27 heavy (non-hydrogen) atoms. The number of thiocarbonyl (C=S) groups is 1. The fraction of sp³-hybridized carbons (Fsp3) is 0.105. The van der Waals surface area contributed by atoms with Gasteiger partial charge in [-0.05, 0) is 36.5 Å². The van der Waals surface area contributed by atoms with Crippen LogP contribution in [0.3, 0.4) is 0 Å². The number of nitrogens with zero attached hydrogens (tertiary/aromatic N) is 1. The van der Waals surface area contributed by atoms with Gasteiger partial charge in [-0.25, -0.2) is 0 Å². The Morgan fingerprint density at radius 2 is 1.93 bits per heavy atom. The highest BCUT2D eigenvalue weighted by atomic mass is 35.5. The number of carbonyl (C=O) groups excluding carboxylic acids is 2. The van der Waals surface area contributed by atoms with Gasteiger partial charge in [-0.2, -0.15) is 0 Å². The molecule has 8 heteroatoms. The summed E-state index contributed by atoms with van der Waals surface area (Å²) in [5, 5.41) is 3.59. The zero-order valence-corrected chi connectivity index (χ0v) is 16.5. The zero-order chi connectivity index (χ0) is 19.6. The molecule has 1 heterocycles. The summed E-state index contributed by atoms with van der Waals surface area (Å²) in [5.74, 6) is -0.509. The Morgan fingerprint density at radius 3 is 2.67 bits per heavy atom. The number of likely N-dealkylation sites (N-methyl/N-ethyl adjacent to an activating group) is 1. The predicted octanol–water partition coefficient (Wildman–Crippen LogP) is 3.83. The van der Waals surface area contributed by atoms with Gasteiger partial charge in [0, 0.05) is 28.2 Å². The number of ether oxygens (including phenoxy) is 1. The monoisotopic (exact) mass is 420 g/mol. The van der Waals surface area contributed by atoms with E-state index in [9.17, 15) is 9.59 Å². The van der Waals surface area contributed by atoms with E-state index < -0.39 is 11.8 Å². The third kappa shape index (κ3) is 4.30. The number of halogens is 2. The number of carbonyl (C=O) groups is 2. The van der Waals surface area contributed by atoms with E-state index >= 15 is 0 Å². The molecule has 0 radical (unpaired) electrons. The molecule has 138 valence electrons. The van der Waals surface area contributed by atoms with Crippen LogP contribution in [-0.2, 0) is 16.2 Å². The largest absolute Gasteiger partial charge is 0.488 e. The van der Waals surface area contributed by atoms with Crippen molar-refractivity contribution in [3.8, 4) is 5.75 Å². The third-order valence-electron chi connectivity index (χ3n) is 3.92. The van der Waals surface area contributed by atoms with Gasteiger partial charge in [0.15, 0.2) is 5.11 Å². The first-order valence-corrected chi connectivity index (χ1v) is 9.04. The van der Waals surface area contributed by atoms with Crippen LogP contribution in [0.2, 0.25) is 10.0 Å². The van der Waals surface area contributed by atoms with Gasteiger partial charge in [0.1, 0.15) is 17.9 Å². The van der Waals surface area contributed by atoms with E-state index in [2.05, 4.69) is 5.32 Å². The van der Waals surface area contributed by atoms with E-state index in [0.29, 0.717) is 21.4 Å². The van der Waals surface area contributed by atoms with Gasteiger partial charge in [-0.15, -0.1) is 0 Å². The Labute approximate surface area is 171 Å². The first kappa shape index (κ1) is 19.4. The number of benzene rings is 2. The van der Waals surface area contributed by atoms with Crippen molar-refractivity contribution in [2.45, 2.75) is 6.61 Å². The van der Waals surface area contributed by atoms with Crippen molar-refractivity contribution in [2.24, 2.45) is 0 Å². The summed E-state index contributed by atoms with van der Waals surface area (Å²) in [5.41, 5.74) is 1.33. The first-order chi connectivity index (χ1) is 12.9. The summed E-state index contributed by atoms with van der Waals surface area (Å²) in [7, 11) is 1.50. The average Bonchev–Trinajstić information content (AvgIpc) is 2.63. The van der Waals surface area contributed by atoms with Crippen LogP contribution in [0.25, 0.3) is 6.08 Å². The Bertz CT molecular complexity index is 975. The molecular formula is C19H14Cl2N2O3S. The molecule has 1 aliphatic heterocycles. The zero-order valence-electron chi connectivity index (χ0n) is 14.2. The minimum absolute atomic E-state index is 0.0216. The summed E-state index contributed by atoms with van der Waals surface area (Å²) >= 11 is 17.0. The SMILES string of the molecule is CN1C(=O)/C(=C/c2ccccc2OCc2ccc(Cl)cc2Cl)C(=O)NC1=S. The molecule has 2 aromatic rings. The summed E-state index contributed by atoms with van der Waals surface area (Å²) in [6, 6.07) is 12.2. The topological polar surface area (TPSA) is 58.6 Å². The molecule has 0 unspecified atom stereocenters. The normalized spacial score (nSPS) is 15.9. The van der Waals surface area contributed by atoms with Crippen LogP contribution in [0.5, 0.6) is 5.75 Å². The van der Waals surface area contributed by atoms with Gasteiger partial charge in [0.05, 0.1) is 0 Å². The summed E-state index contributed by atoms with van der Waals surface area (Å²) < 4.78 is 5.85. The molecule has 2 amide bonds. The average molecular weight is 421 g/mol. The van der Waals surface area contributed by atoms with E-state index in [1.54, 1.807) is 42.5 Å². The Morgan fingerprint density at radius 1 is 1.19 bits per heavy atom. The molecule has 0 aromatic heterocycles. The smallest absolute Gasteiger partial charge is 0.265 e. The van der Waals surface area contributed by atoms with E-state index in [-0.39, 0.29) is 17.3 Å². The van der Waals surface area contributed by atoms with Crippen molar-refractivity contribution >= 4 is 58.4 Å². The first-order valence-electron chi connectivity index (χ1n) is 7.87. The van der Waals surface area contributed by atoms with E-state index in [4.69, 9.17) is 40.2 Å². The van der Waals surface area contributed by atoms with Gasteiger partial charge < -0.3 is 4.74 Å². The van der Waals surface area contributed by atoms with Crippen molar-refractivity contribution in [3.05, 3.63) is 69.2 Å². The van der Waals surface area contributed by atoms with E-state index in [1.807, 2.05) is 0 Å². The van der Waals surface area contributed by atoms with Crippen molar-refractivity contribution in [1.82, 2.24) is 10.2 Å². The number of amides is 2. The molecule has 1 fully saturated rings. The van der Waals surface area contributed by atoms with Gasteiger partial charge in [0.25, 0.3) is 11.8 Å². The molecule has 0 aliphatic carbocycles. The summed E-state index contributed by atoms with van der Waals surface area (Å²) in [6.45, 7) is 0.209. The molecule has 5 nitrogen and oxygen atoms in total. The van der Waals surface area contributed by atoms with Gasteiger partial charge in [-0.1, -0.05) is 47.5 Å². The highest BCUT2D eigenvalue weighted by Gasteiger charge is 2.30. The van der Waals surface area contributed by atoms with Crippen LogP contribution in [0.15, 0.2) is 48.0 Å². The number of rotatable bonds is 4. The van der Waals surface area contributed by atoms with Gasteiger partial charge >= 0.3 is 0 Å². The lowest BCUT2D eigenvalue weighted by Gasteiger charge is -2.25. The standard InChI is InChI=1S/C19H14Cl2N2O3S/c1-23-18(25)14(17(24)22-19(23)27)8-11-4-2-3-5-16(11)26-10-12-6-7-13(20)9-15(12)21/h2-9H,10H2,1H3,(H,22,24,27)/b14-8+. The molecule has 1 saturated heterocycles. The van der Waals surface area contributed by atoms with Crippen LogP contribution in [-0.4, -0.2) is 28.9 Å². The van der Waals surface area contributed by atoms with E-state index in [1.165, 1.54) is 18.0 Å². The minimum Gasteiger partial charge on any atom is -0.488 e. The van der Waals surface area contributed by atoms with E-state index in [0.717, 1.165) is 5.56 Å². The number of hydrogen-bond acceptors (Lipinski definition) is 4. The number of hydrogen-bond donors (Lipinski definition) is 1. The fourth-order valence-electron chi connectivity index (χ4n) is 2.43. The Hall–Kier alpha value is -2.41. The maximum atomic E-state index is 12.4. The molecule has 0 bridgehead atoms. The second-order valence-corrected chi connectivity index (χ2v) is 6.97. The van der Waals surface area contributed by atoms with Gasteiger partial charge in [0.2, 0.25) is 0 Å². The number of nitrogens with one attached hydrogen (secondary N) is 1. The molecule has 1 aliphatic rings. The highest BCUT2D eigenvalue weighted by Crippen LogP contribution is 2.26. The second-order valence-electron chi connectivity index (χ2n) is 5.74. The highest BCUT2D eigenvalue weighted by molar-refractivity contribution is 7.80. The van der Waals surface area contributed by atoms with Crippen molar-refractivity contribution < 1.29 is 14.3 Å². The molecular weight excluding hydrogens is 407 g/mol. The number of para-hydroxylation sites is 1. The quantitative estimate of drug-likeness (QED) is 0.463. The molecule has 1 N–H and O–H groups in total. The lowest BCUT2D eigenvalue weighted by Crippen LogP contribution is -2.52. The van der Waals surface area contributed by atoms with Crippen LogP contribution >= 0.6 is 35.4 Å². The molecule has 0 atom stereocenters. The lowest BCUT2D eigenvalue weighted by molar-refractivity contribution is -0.128. The maximum Gasteiger partial charge on any atom is 0.265 e. The van der Waals surface area contributed by atoms with Crippen LogP contribution in [0.1, 0.15) is 11.1 Å². The summed E-state index contributed by atoms with van der Waals surface area (Å²) in [4.78, 5) is 25.7. The van der Waals surface area contributed by atoms with Crippen molar-refractivity contribution in [2.75, 3.05) is 7.05 Å². The lowest BCUT2D eigenvalue weighted by atomic mass is 10.1. The second kappa shape index (κ2) is 8.08. The Kier molecular flexibility index (Phi) is 5.79. The molecule has 3 rings (SSSR count). The fourth-order valence-corrected chi connectivity index (χ4v) is 3.07. The van der Waals surface area contributed by atoms with Crippen molar-refractivity contribution in [3.63, 3.8) is 0 Å². The van der Waals surface area contributed by atoms with Crippen LogP contribution in [0, 0.1) is 0 Å². The van der Waals surface area contributed by atoms with Crippen molar-refractivity contribution in [1.29, 1.82) is 0 Å². The minimum atomic E-state index is -0.543. The van der Waals surface area contributed by atoms with Crippen LogP contribution < -0.4 is 10.1 Å². The molecule has 2 aromatic carbocycles. The van der Waals surface area contributed by atoms with Gasteiger partial charge in [-0.3, -0.25) is 19.8 Å². The Balaban J connectivity index is 1.87. The third-order valence-corrected chi connectivity index (χ3v) is 4.88.